The van der Waals surface area contributed by atoms with E-state index in [-0.39, 0.29) is 5.56 Å². The number of rotatable bonds is 2. The summed E-state index contributed by atoms with van der Waals surface area (Å²) < 4.78 is 26.9. The van der Waals surface area contributed by atoms with Crippen LogP contribution < -0.4 is 5.73 Å². The zero-order valence-corrected chi connectivity index (χ0v) is 8.64. The number of alkyl halides is 2. The highest BCUT2D eigenvalue weighted by Crippen LogP contribution is 2.31. The van der Waals surface area contributed by atoms with Crippen molar-refractivity contribution in [1.29, 1.82) is 0 Å². The van der Waals surface area contributed by atoms with Gasteiger partial charge in [-0.25, -0.2) is 0 Å². The first-order valence-electron chi connectivity index (χ1n) is 4.57. The van der Waals surface area contributed by atoms with E-state index < -0.39 is 12.0 Å². The lowest BCUT2D eigenvalue weighted by molar-refractivity contribution is -0.0257. The number of benzene rings is 1. The van der Waals surface area contributed by atoms with E-state index in [2.05, 4.69) is 0 Å². The van der Waals surface area contributed by atoms with Crippen molar-refractivity contribution in [3.05, 3.63) is 34.9 Å². The highest BCUT2D eigenvalue weighted by Gasteiger charge is 2.36. The molecular weight excluding hydrogens is 184 g/mol. The lowest BCUT2D eigenvalue weighted by Gasteiger charge is -2.21. The van der Waals surface area contributed by atoms with Gasteiger partial charge in [0.2, 0.25) is 0 Å². The molecule has 0 spiro atoms. The second kappa shape index (κ2) is 3.65. The van der Waals surface area contributed by atoms with Crippen LogP contribution >= 0.6 is 0 Å². The number of hydrogen-bond donors (Lipinski definition) is 1. The summed E-state index contributed by atoms with van der Waals surface area (Å²) in [4.78, 5) is 0. The van der Waals surface area contributed by atoms with Gasteiger partial charge in [-0.2, -0.15) is 8.78 Å². The van der Waals surface area contributed by atoms with E-state index in [9.17, 15) is 8.78 Å². The summed E-state index contributed by atoms with van der Waals surface area (Å²) in [5, 5.41) is 0. The molecule has 0 aromatic heterocycles. The van der Waals surface area contributed by atoms with Gasteiger partial charge in [0.1, 0.15) is 0 Å². The topological polar surface area (TPSA) is 26.0 Å². The fourth-order valence-electron chi connectivity index (χ4n) is 1.21. The average molecular weight is 199 g/mol. The predicted molar refractivity (Wildman–Crippen MR) is 53.5 cm³/mol. The summed E-state index contributed by atoms with van der Waals surface area (Å²) in [6.07, 6.45) is 0. The SMILES string of the molecule is Cc1ccc(C(F)(F)C(C)N)cc1C. The molecule has 0 aliphatic heterocycles. The molecule has 0 saturated carbocycles. The van der Waals surface area contributed by atoms with Gasteiger partial charge in [-0.1, -0.05) is 12.1 Å². The van der Waals surface area contributed by atoms with Gasteiger partial charge in [0.15, 0.2) is 0 Å². The molecular formula is C11H15F2N. The first-order chi connectivity index (χ1) is 6.35. The molecule has 1 atom stereocenters. The van der Waals surface area contributed by atoms with Crippen LogP contribution in [0.1, 0.15) is 23.6 Å². The molecule has 0 radical (unpaired) electrons. The van der Waals surface area contributed by atoms with Gasteiger partial charge in [0.05, 0.1) is 6.04 Å². The van der Waals surface area contributed by atoms with Crippen LogP contribution in [-0.2, 0) is 5.92 Å². The van der Waals surface area contributed by atoms with E-state index >= 15 is 0 Å². The zero-order chi connectivity index (χ0) is 10.9. The van der Waals surface area contributed by atoms with Crippen molar-refractivity contribution in [2.75, 3.05) is 0 Å². The van der Waals surface area contributed by atoms with Gasteiger partial charge in [-0.15, -0.1) is 0 Å². The van der Waals surface area contributed by atoms with Crippen molar-refractivity contribution < 1.29 is 8.78 Å². The number of hydrogen-bond acceptors (Lipinski definition) is 1. The van der Waals surface area contributed by atoms with Crippen LogP contribution in [0.5, 0.6) is 0 Å². The van der Waals surface area contributed by atoms with Crippen LogP contribution in [0.3, 0.4) is 0 Å². The molecule has 1 aromatic carbocycles. The Labute approximate surface area is 82.9 Å². The Kier molecular flexibility index (Phi) is 2.90. The third kappa shape index (κ3) is 1.93. The average Bonchev–Trinajstić information content (AvgIpc) is 2.09. The standard InChI is InChI=1S/C11H15F2N/c1-7-4-5-10(6-8(7)2)11(12,13)9(3)14/h4-6,9H,14H2,1-3H3. The highest BCUT2D eigenvalue weighted by atomic mass is 19.3. The van der Waals surface area contributed by atoms with E-state index in [0.717, 1.165) is 11.1 Å². The Morgan fingerprint density at radius 2 is 1.79 bits per heavy atom. The van der Waals surface area contributed by atoms with Gasteiger partial charge in [-0.05, 0) is 38.0 Å². The molecule has 2 N–H and O–H groups in total. The van der Waals surface area contributed by atoms with Crippen molar-refractivity contribution in [1.82, 2.24) is 0 Å². The van der Waals surface area contributed by atoms with E-state index in [1.165, 1.54) is 19.1 Å². The van der Waals surface area contributed by atoms with Gasteiger partial charge in [0, 0.05) is 5.56 Å². The maximum absolute atomic E-state index is 13.5. The lowest BCUT2D eigenvalue weighted by atomic mass is 9.98. The maximum atomic E-state index is 13.5. The molecule has 78 valence electrons. The van der Waals surface area contributed by atoms with Gasteiger partial charge in [-0.3, -0.25) is 0 Å². The van der Waals surface area contributed by atoms with Crippen LogP contribution in [0, 0.1) is 13.8 Å². The molecule has 1 unspecified atom stereocenters. The van der Waals surface area contributed by atoms with Crippen LogP contribution in [0.2, 0.25) is 0 Å². The fraction of sp³-hybridized carbons (Fsp3) is 0.455. The van der Waals surface area contributed by atoms with E-state index in [0.29, 0.717) is 0 Å². The zero-order valence-electron chi connectivity index (χ0n) is 8.64. The molecule has 0 fully saturated rings. The Hall–Kier alpha value is -0.960. The van der Waals surface area contributed by atoms with Crippen LogP contribution in [0.4, 0.5) is 8.78 Å². The molecule has 0 aliphatic rings. The van der Waals surface area contributed by atoms with Crippen molar-refractivity contribution in [2.45, 2.75) is 32.7 Å². The second-order valence-electron chi connectivity index (χ2n) is 3.71. The summed E-state index contributed by atoms with van der Waals surface area (Å²) in [6.45, 7) is 5.02. The third-order valence-electron chi connectivity index (χ3n) is 2.46. The minimum absolute atomic E-state index is 0.00407. The van der Waals surface area contributed by atoms with Gasteiger partial charge >= 0.3 is 0 Å². The molecule has 0 bridgehead atoms. The summed E-state index contributed by atoms with van der Waals surface area (Å²) >= 11 is 0. The molecule has 0 amide bonds. The summed E-state index contributed by atoms with van der Waals surface area (Å²) in [6, 6.07) is 3.47. The van der Waals surface area contributed by atoms with Crippen molar-refractivity contribution >= 4 is 0 Å². The minimum atomic E-state index is -2.95. The normalized spacial score (nSPS) is 14.1. The van der Waals surface area contributed by atoms with Crippen molar-refractivity contribution in [2.24, 2.45) is 5.73 Å². The predicted octanol–water partition coefficient (Wildman–Crippen LogP) is 2.74. The summed E-state index contributed by atoms with van der Waals surface area (Å²) in [5.74, 6) is -2.95. The molecule has 0 aliphatic carbocycles. The molecule has 1 rings (SSSR count). The lowest BCUT2D eigenvalue weighted by Crippen LogP contribution is -2.35. The molecule has 14 heavy (non-hydrogen) atoms. The van der Waals surface area contributed by atoms with Crippen LogP contribution in [0.15, 0.2) is 18.2 Å². The monoisotopic (exact) mass is 199 g/mol. The molecule has 0 heterocycles. The minimum Gasteiger partial charge on any atom is -0.323 e. The van der Waals surface area contributed by atoms with Crippen LogP contribution in [-0.4, -0.2) is 6.04 Å². The van der Waals surface area contributed by atoms with Crippen molar-refractivity contribution in [3.8, 4) is 0 Å². The Morgan fingerprint density at radius 3 is 2.21 bits per heavy atom. The van der Waals surface area contributed by atoms with Gasteiger partial charge < -0.3 is 5.73 Å². The first-order valence-corrected chi connectivity index (χ1v) is 4.57. The quantitative estimate of drug-likeness (QED) is 0.778. The first kappa shape index (κ1) is 11.1. The van der Waals surface area contributed by atoms with Crippen molar-refractivity contribution in [3.63, 3.8) is 0 Å². The van der Waals surface area contributed by atoms with E-state index in [1.54, 1.807) is 6.07 Å². The number of halogens is 2. The van der Waals surface area contributed by atoms with E-state index in [4.69, 9.17) is 5.73 Å². The van der Waals surface area contributed by atoms with Crippen LogP contribution in [0.25, 0.3) is 0 Å². The Bertz CT molecular complexity index is 332. The molecule has 3 heteroatoms. The number of aryl methyl sites for hydroxylation is 2. The molecule has 1 nitrogen and oxygen atoms in total. The Morgan fingerprint density at radius 1 is 1.21 bits per heavy atom. The molecule has 0 saturated heterocycles. The second-order valence-corrected chi connectivity index (χ2v) is 3.71. The molecule has 1 aromatic rings. The highest BCUT2D eigenvalue weighted by molar-refractivity contribution is 5.32. The van der Waals surface area contributed by atoms with E-state index in [1.807, 2.05) is 13.8 Å². The third-order valence-corrected chi connectivity index (χ3v) is 2.46. The summed E-state index contributed by atoms with van der Waals surface area (Å²) in [7, 11) is 0. The Balaban J connectivity index is 3.14. The fourth-order valence-corrected chi connectivity index (χ4v) is 1.21. The summed E-state index contributed by atoms with van der Waals surface area (Å²) in [5.41, 5.74) is 7.11. The largest absolute Gasteiger partial charge is 0.323 e. The van der Waals surface area contributed by atoms with Gasteiger partial charge in [0.25, 0.3) is 5.92 Å². The number of nitrogens with two attached hydrogens (primary N) is 1. The smallest absolute Gasteiger partial charge is 0.287 e. The maximum Gasteiger partial charge on any atom is 0.287 e.